The largest absolute Gasteiger partial charge is 0.354 e. The van der Waals surface area contributed by atoms with Crippen LogP contribution in [0.2, 0.25) is 15.1 Å². The Bertz CT molecular complexity index is 1400. The standard InChI is InChI=1S/C29H32Cl3N3O4S/c1-3-5-17-33-29(37)27(4-2)34(19-21-11-16-25(31)26(32)18-21)28(36)20-35(23-14-12-22(30)13-15-23)40(38,39)24-9-7-6-8-10-24/h6-16,18,27H,3-5,17,19-20H2,1-2H3,(H,33,37)/t27-/m1/s1. The molecule has 3 rings (SSSR count). The lowest BCUT2D eigenvalue weighted by molar-refractivity contribution is -0.140. The number of carbonyl (C=O) groups excluding carboxylic acids is 2. The minimum atomic E-state index is -4.15. The van der Waals surface area contributed by atoms with E-state index in [2.05, 4.69) is 5.32 Å². The first-order chi connectivity index (χ1) is 19.1. The second-order valence-electron chi connectivity index (χ2n) is 9.14. The summed E-state index contributed by atoms with van der Waals surface area (Å²) in [4.78, 5) is 28.7. The first-order valence-corrected chi connectivity index (χ1v) is 15.5. The number of carbonyl (C=O) groups is 2. The van der Waals surface area contributed by atoms with E-state index in [4.69, 9.17) is 34.8 Å². The molecule has 214 valence electrons. The lowest BCUT2D eigenvalue weighted by Gasteiger charge is -2.33. The summed E-state index contributed by atoms with van der Waals surface area (Å²) in [6.45, 7) is 3.77. The van der Waals surface area contributed by atoms with Crippen LogP contribution in [0.3, 0.4) is 0 Å². The van der Waals surface area contributed by atoms with Crippen molar-refractivity contribution in [3.8, 4) is 0 Å². The van der Waals surface area contributed by atoms with Crippen LogP contribution in [0.25, 0.3) is 0 Å². The Morgan fingerprint density at radius 3 is 2.17 bits per heavy atom. The molecule has 7 nitrogen and oxygen atoms in total. The van der Waals surface area contributed by atoms with Gasteiger partial charge in [0.05, 0.1) is 20.6 Å². The highest BCUT2D eigenvalue weighted by atomic mass is 35.5. The first kappa shape index (κ1) is 31.7. The molecule has 0 aromatic heterocycles. The monoisotopic (exact) mass is 623 g/mol. The van der Waals surface area contributed by atoms with Crippen LogP contribution >= 0.6 is 34.8 Å². The van der Waals surface area contributed by atoms with Crippen molar-refractivity contribution < 1.29 is 18.0 Å². The van der Waals surface area contributed by atoms with Crippen LogP contribution in [0.1, 0.15) is 38.7 Å². The predicted octanol–water partition coefficient (Wildman–Crippen LogP) is 6.57. The highest BCUT2D eigenvalue weighted by Crippen LogP contribution is 2.27. The lowest BCUT2D eigenvalue weighted by atomic mass is 10.1. The highest BCUT2D eigenvalue weighted by Gasteiger charge is 2.33. The van der Waals surface area contributed by atoms with Gasteiger partial charge in [-0.05, 0) is 66.9 Å². The van der Waals surface area contributed by atoms with E-state index in [1.165, 1.54) is 29.2 Å². The molecule has 0 aliphatic rings. The number of amides is 2. The topological polar surface area (TPSA) is 86.8 Å². The van der Waals surface area contributed by atoms with Crippen molar-refractivity contribution in [3.05, 3.63) is 93.4 Å². The Morgan fingerprint density at radius 2 is 1.57 bits per heavy atom. The number of rotatable bonds is 13. The van der Waals surface area contributed by atoms with Gasteiger partial charge < -0.3 is 10.2 Å². The maximum atomic E-state index is 14.0. The zero-order valence-electron chi connectivity index (χ0n) is 22.3. The molecular formula is C29H32Cl3N3O4S. The number of hydrogen-bond acceptors (Lipinski definition) is 4. The molecule has 0 spiro atoms. The molecular weight excluding hydrogens is 593 g/mol. The fraction of sp³-hybridized carbons (Fsp3) is 0.310. The van der Waals surface area contributed by atoms with Gasteiger partial charge in [0.15, 0.2) is 0 Å². The van der Waals surface area contributed by atoms with Gasteiger partial charge in [-0.3, -0.25) is 13.9 Å². The predicted molar refractivity (Wildman–Crippen MR) is 161 cm³/mol. The van der Waals surface area contributed by atoms with Crippen LogP contribution < -0.4 is 9.62 Å². The number of nitrogens with zero attached hydrogens (tertiary/aromatic N) is 2. The van der Waals surface area contributed by atoms with Crippen molar-refractivity contribution in [3.63, 3.8) is 0 Å². The Kier molecular flexibility index (Phi) is 11.7. The molecule has 11 heteroatoms. The van der Waals surface area contributed by atoms with Gasteiger partial charge in [-0.1, -0.05) is 79.3 Å². The summed E-state index contributed by atoms with van der Waals surface area (Å²) < 4.78 is 28.6. The molecule has 1 N–H and O–H groups in total. The van der Waals surface area contributed by atoms with E-state index in [0.29, 0.717) is 33.6 Å². The summed E-state index contributed by atoms with van der Waals surface area (Å²) >= 11 is 18.4. The molecule has 40 heavy (non-hydrogen) atoms. The zero-order valence-corrected chi connectivity index (χ0v) is 25.4. The minimum Gasteiger partial charge on any atom is -0.354 e. The summed E-state index contributed by atoms with van der Waals surface area (Å²) in [5, 5.41) is 3.98. The van der Waals surface area contributed by atoms with E-state index >= 15 is 0 Å². The van der Waals surface area contributed by atoms with Gasteiger partial charge in [-0.25, -0.2) is 8.42 Å². The van der Waals surface area contributed by atoms with Gasteiger partial charge in [-0.15, -0.1) is 0 Å². The molecule has 3 aromatic rings. The van der Waals surface area contributed by atoms with Gasteiger partial charge in [0.25, 0.3) is 10.0 Å². The summed E-state index contributed by atoms with van der Waals surface area (Å²) in [6.07, 6.45) is 2.01. The van der Waals surface area contributed by atoms with Crippen molar-refractivity contribution in [1.82, 2.24) is 10.2 Å². The number of unbranched alkanes of at least 4 members (excludes halogenated alkanes) is 1. The van der Waals surface area contributed by atoms with Crippen molar-refractivity contribution in [2.45, 2.75) is 50.6 Å². The van der Waals surface area contributed by atoms with Crippen molar-refractivity contribution in [2.24, 2.45) is 0 Å². The van der Waals surface area contributed by atoms with E-state index in [-0.39, 0.29) is 23.0 Å². The Hall–Kier alpha value is -2.78. The van der Waals surface area contributed by atoms with Crippen LogP contribution in [0.15, 0.2) is 77.7 Å². The van der Waals surface area contributed by atoms with E-state index in [9.17, 15) is 18.0 Å². The van der Waals surface area contributed by atoms with E-state index in [0.717, 1.165) is 17.1 Å². The number of nitrogens with one attached hydrogen (secondary N) is 1. The smallest absolute Gasteiger partial charge is 0.264 e. The molecule has 0 saturated carbocycles. The zero-order chi connectivity index (χ0) is 29.3. The van der Waals surface area contributed by atoms with Gasteiger partial charge in [0.2, 0.25) is 11.8 Å². The second kappa shape index (κ2) is 14.7. The first-order valence-electron chi connectivity index (χ1n) is 12.9. The van der Waals surface area contributed by atoms with Crippen molar-refractivity contribution in [2.75, 3.05) is 17.4 Å². The number of benzene rings is 3. The maximum Gasteiger partial charge on any atom is 0.264 e. The molecule has 0 unspecified atom stereocenters. The van der Waals surface area contributed by atoms with Crippen molar-refractivity contribution in [1.29, 1.82) is 0 Å². The third-order valence-electron chi connectivity index (χ3n) is 6.28. The fourth-order valence-corrected chi connectivity index (χ4v) is 6.00. The number of sulfonamides is 1. The third kappa shape index (κ3) is 8.13. The van der Waals surface area contributed by atoms with Crippen LogP contribution in [0, 0.1) is 0 Å². The lowest BCUT2D eigenvalue weighted by Crippen LogP contribution is -2.52. The van der Waals surface area contributed by atoms with Gasteiger partial charge in [0.1, 0.15) is 12.6 Å². The SMILES string of the molecule is CCCCNC(=O)[C@@H](CC)N(Cc1ccc(Cl)c(Cl)c1)C(=O)CN(c1ccc(Cl)cc1)S(=O)(=O)c1ccccc1. The van der Waals surface area contributed by atoms with E-state index in [1.54, 1.807) is 55.5 Å². The average Bonchev–Trinajstić information content (AvgIpc) is 2.94. The normalized spacial score (nSPS) is 12.0. The van der Waals surface area contributed by atoms with E-state index < -0.39 is 28.5 Å². The maximum absolute atomic E-state index is 14.0. The fourth-order valence-electron chi connectivity index (χ4n) is 4.12. The summed E-state index contributed by atoms with van der Waals surface area (Å²) in [5.74, 6) is -0.869. The summed E-state index contributed by atoms with van der Waals surface area (Å²) in [6, 6.07) is 18.2. The number of hydrogen-bond donors (Lipinski definition) is 1. The van der Waals surface area contributed by atoms with Crippen LogP contribution in [0.5, 0.6) is 0 Å². The number of halogens is 3. The van der Waals surface area contributed by atoms with Gasteiger partial charge in [-0.2, -0.15) is 0 Å². The van der Waals surface area contributed by atoms with Crippen molar-refractivity contribution >= 4 is 62.3 Å². The Labute approximate surface area is 251 Å². The molecule has 3 aromatic carbocycles. The van der Waals surface area contributed by atoms with Gasteiger partial charge >= 0.3 is 0 Å². The molecule has 0 aliphatic heterocycles. The van der Waals surface area contributed by atoms with Gasteiger partial charge in [0, 0.05) is 18.1 Å². The van der Waals surface area contributed by atoms with Crippen LogP contribution in [-0.2, 0) is 26.2 Å². The third-order valence-corrected chi connectivity index (χ3v) is 9.06. The molecule has 0 radical (unpaired) electrons. The molecule has 0 saturated heterocycles. The van der Waals surface area contributed by atoms with E-state index in [1.807, 2.05) is 6.92 Å². The summed E-state index contributed by atoms with van der Waals surface area (Å²) in [5.41, 5.74) is 0.906. The molecule has 1 atom stereocenters. The second-order valence-corrected chi connectivity index (χ2v) is 12.3. The quantitative estimate of drug-likeness (QED) is 0.218. The molecule has 2 amide bonds. The van der Waals surface area contributed by atoms with Crippen LogP contribution in [0.4, 0.5) is 5.69 Å². The average molecular weight is 625 g/mol. The Balaban J connectivity index is 2.03. The Morgan fingerprint density at radius 1 is 0.900 bits per heavy atom. The highest BCUT2D eigenvalue weighted by molar-refractivity contribution is 7.92. The molecule has 0 fully saturated rings. The minimum absolute atomic E-state index is 0.0231. The molecule has 0 heterocycles. The number of anilines is 1. The summed E-state index contributed by atoms with van der Waals surface area (Å²) in [7, 11) is -4.15. The molecule has 0 bridgehead atoms. The molecule has 0 aliphatic carbocycles. The van der Waals surface area contributed by atoms with Crippen LogP contribution in [-0.4, -0.2) is 44.3 Å².